The van der Waals surface area contributed by atoms with Crippen LogP contribution in [0.1, 0.15) is 21.5 Å². The Morgan fingerprint density at radius 3 is 1.97 bits per heavy atom. The van der Waals surface area contributed by atoms with Gasteiger partial charge in [0, 0.05) is 23.0 Å². The summed E-state index contributed by atoms with van der Waals surface area (Å²) in [6.07, 6.45) is -8.86. The molecule has 0 saturated carbocycles. The van der Waals surface area contributed by atoms with Crippen LogP contribution in [0.25, 0.3) is 11.3 Å². The van der Waals surface area contributed by atoms with Gasteiger partial charge in [0.05, 0.1) is 16.8 Å². The molecule has 0 fully saturated rings. The molecule has 1 amide bonds. The van der Waals surface area contributed by atoms with Crippen LogP contribution in [0.3, 0.4) is 0 Å². The standard InChI is InChI=1S/C19H12F6N4O/c20-18(21,22)12-7-11(8-13(9-12)19(23,24)25)16(30)29-17-27-6-5-15(28-17)10-1-3-14(26)4-2-10/h1-9H,26H2,(H,27,28,29,30). The Morgan fingerprint density at radius 2 is 1.43 bits per heavy atom. The number of nitrogens with zero attached hydrogens (tertiary/aromatic N) is 2. The molecule has 1 heterocycles. The summed E-state index contributed by atoms with van der Waals surface area (Å²) in [7, 11) is 0. The molecule has 0 spiro atoms. The quantitative estimate of drug-likeness (QED) is 0.456. The Labute approximate surface area is 165 Å². The van der Waals surface area contributed by atoms with Crippen LogP contribution < -0.4 is 11.1 Å². The van der Waals surface area contributed by atoms with Gasteiger partial charge in [0.1, 0.15) is 0 Å². The van der Waals surface area contributed by atoms with Crippen molar-refractivity contribution < 1.29 is 31.1 Å². The van der Waals surface area contributed by atoms with E-state index in [1.165, 1.54) is 12.3 Å². The fourth-order valence-corrected chi connectivity index (χ4v) is 2.49. The lowest BCUT2D eigenvalue weighted by molar-refractivity contribution is -0.143. The number of nitrogens with two attached hydrogens (primary N) is 1. The van der Waals surface area contributed by atoms with Crippen LogP contribution in [0.5, 0.6) is 0 Å². The summed E-state index contributed by atoms with van der Waals surface area (Å²) >= 11 is 0. The second-order valence-corrected chi connectivity index (χ2v) is 6.14. The monoisotopic (exact) mass is 426 g/mol. The maximum absolute atomic E-state index is 13.0. The Hall–Kier alpha value is -3.63. The molecule has 3 N–H and O–H groups in total. The van der Waals surface area contributed by atoms with Crippen LogP contribution >= 0.6 is 0 Å². The summed E-state index contributed by atoms with van der Waals surface area (Å²) in [6, 6.07) is 8.61. The molecule has 0 atom stereocenters. The van der Waals surface area contributed by atoms with Gasteiger partial charge in [0.2, 0.25) is 5.95 Å². The van der Waals surface area contributed by atoms with Gasteiger partial charge in [0.15, 0.2) is 0 Å². The molecule has 2 aromatic carbocycles. The van der Waals surface area contributed by atoms with Crippen LogP contribution in [0, 0.1) is 0 Å². The summed E-state index contributed by atoms with van der Waals surface area (Å²) in [4.78, 5) is 20.2. The van der Waals surface area contributed by atoms with Crippen molar-refractivity contribution in [2.45, 2.75) is 12.4 Å². The zero-order chi connectivity index (χ0) is 22.1. The van der Waals surface area contributed by atoms with Crippen molar-refractivity contribution in [3.63, 3.8) is 0 Å². The van der Waals surface area contributed by atoms with Crippen LogP contribution in [0.4, 0.5) is 38.0 Å². The second-order valence-electron chi connectivity index (χ2n) is 6.14. The van der Waals surface area contributed by atoms with E-state index in [2.05, 4.69) is 15.3 Å². The first-order valence-corrected chi connectivity index (χ1v) is 8.23. The Morgan fingerprint density at radius 1 is 0.867 bits per heavy atom. The first-order chi connectivity index (χ1) is 13.9. The van der Waals surface area contributed by atoms with Crippen molar-refractivity contribution in [2.75, 3.05) is 11.1 Å². The summed E-state index contributed by atoms with van der Waals surface area (Å²) in [5.41, 5.74) is 3.05. The van der Waals surface area contributed by atoms with Crippen molar-refractivity contribution in [3.8, 4) is 11.3 Å². The molecule has 0 unspecified atom stereocenters. The average molecular weight is 426 g/mol. The fraction of sp³-hybridized carbons (Fsp3) is 0.105. The third-order valence-corrected chi connectivity index (χ3v) is 3.94. The maximum atomic E-state index is 13.0. The second kappa shape index (κ2) is 7.65. The Balaban J connectivity index is 1.92. The number of anilines is 2. The number of hydrogen-bond acceptors (Lipinski definition) is 4. The third kappa shape index (κ3) is 4.85. The van der Waals surface area contributed by atoms with Crippen molar-refractivity contribution in [3.05, 3.63) is 71.4 Å². The van der Waals surface area contributed by atoms with E-state index in [0.717, 1.165) is 0 Å². The number of rotatable bonds is 3. The van der Waals surface area contributed by atoms with Gasteiger partial charge in [-0.2, -0.15) is 26.3 Å². The predicted molar refractivity (Wildman–Crippen MR) is 96.3 cm³/mol. The first kappa shape index (κ1) is 21.1. The summed E-state index contributed by atoms with van der Waals surface area (Å²) in [6.45, 7) is 0. The zero-order valence-corrected chi connectivity index (χ0v) is 14.8. The SMILES string of the molecule is Nc1ccc(-c2ccnc(NC(=O)c3cc(C(F)(F)F)cc(C(F)(F)F)c3)n2)cc1. The molecule has 0 bridgehead atoms. The molecule has 0 saturated heterocycles. The lowest BCUT2D eigenvalue weighted by Crippen LogP contribution is -2.18. The van der Waals surface area contributed by atoms with E-state index in [9.17, 15) is 31.1 Å². The van der Waals surface area contributed by atoms with E-state index < -0.39 is 35.0 Å². The van der Waals surface area contributed by atoms with Gasteiger partial charge in [-0.05, 0) is 36.4 Å². The summed E-state index contributed by atoms with van der Waals surface area (Å²) < 4.78 is 77.8. The normalized spacial score (nSPS) is 11.9. The number of carbonyl (C=O) groups excluding carboxylic acids is 1. The fourth-order valence-electron chi connectivity index (χ4n) is 2.49. The lowest BCUT2D eigenvalue weighted by atomic mass is 10.0. The van der Waals surface area contributed by atoms with E-state index in [1.807, 2.05) is 0 Å². The summed E-state index contributed by atoms with van der Waals surface area (Å²) in [5, 5.41) is 2.12. The van der Waals surface area contributed by atoms with Crippen molar-refractivity contribution in [1.29, 1.82) is 0 Å². The largest absolute Gasteiger partial charge is 0.416 e. The smallest absolute Gasteiger partial charge is 0.399 e. The Bertz CT molecular complexity index is 1050. The van der Waals surface area contributed by atoms with Gasteiger partial charge in [-0.15, -0.1) is 0 Å². The van der Waals surface area contributed by atoms with Gasteiger partial charge >= 0.3 is 12.4 Å². The van der Waals surface area contributed by atoms with Gasteiger partial charge in [0.25, 0.3) is 5.91 Å². The van der Waals surface area contributed by atoms with E-state index in [1.54, 1.807) is 24.3 Å². The molecule has 11 heteroatoms. The van der Waals surface area contributed by atoms with Crippen LogP contribution in [0.2, 0.25) is 0 Å². The van der Waals surface area contributed by atoms with Gasteiger partial charge in [-0.1, -0.05) is 12.1 Å². The molecule has 0 aliphatic rings. The lowest BCUT2D eigenvalue weighted by Gasteiger charge is -2.14. The third-order valence-electron chi connectivity index (χ3n) is 3.94. The molecule has 0 aliphatic carbocycles. The highest BCUT2D eigenvalue weighted by atomic mass is 19.4. The number of benzene rings is 2. The molecule has 0 radical (unpaired) electrons. The molecule has 3 aromatic rings. The topological polar surface area (TPSA) is 80.9 Å². The van der Waals surface area contributed by atoms with Crippen molar-refractivity contribution in [1.82, 2.24) is 9.97 Å². The number of alkyl halides is 6. The van der Waals surface area contributed by atoms with Crippen molar-refractivity contribution in [2.24, 2.45) is 0 Å². The van der Waals surface area contributed by atoms with Crippen LogP contribution in [0.15, 0.2) is 54.7 Å². The highest BCUT2D eigenvalue weighted by molar-refractivity contribution is 6.03. The van der Waals surface area contributed by atoms with E-state index >= 15 is 0 Å². The number of nitrogen functional groups attached to an aromatic ring is 1. The van der Waals surface area contributed by atoms with Crippen molar-refractivity contribution >= 4 is 17.5 Å². The summed E-state index contributed by atoms with van der Waals surface area (Å²) in [5.74, 6) is -1.51. The maximum Gasteiger partial charge on any atom is 0.416 e. The molecule has 1 aromatic heterocycles. The van der Waals surface area contributed by atoms with E-state index in [4.69, 9.17) is 5.73 Å². The first-order valence-electron chi connectivity index (χ1n) is 8.23. The van der Waals surface area contributed by atoms with Gasteiger partial charge in [-0.3, -0.25) is 10.1 Å². The minimum atomic E-state index is -5.07. The molecular weight excluding hydrogens is 414 g/mol. The van der Waals surface area contributed by atoms with E-state index in [-0.39, 0.29) is 12.0 Å². The highest BCUT2D eigenvalue weighted by Gasteiger charge is 2.37. The molecule has 3 rings (SSSR count). The average Bonchev–Trinajstić information content (AvgIpc) is 2.67. The highest BCUT2D eigenvalue weighted by Crippen LogP contribution is 2.36. The predicted octanol–water partition coefficient (Wildman–Crippen LogP) is 5.02. The number of hydrogen-bond donors (Lipinski definition) is 2. The van der Waals surface area contributed by atoms with Gasteiger partial charge < -0.3 is 5.73 Å². The number of nitrogens with one attached hydrogen (secondary N) is 1. The van der Waals surface area contributed by atoms with E-state index in [0.29, 0.717) is 29.1 Å². The van der Waals surface area contributed by atoms with Crippen LogP contribution in [-0.2, 0) is 12.4 Å². The Kier molecular flexibility index (Phi) is 5.38. The molecule has 30 heavy (non-hydrogen) atoms. The zero-order valence-electron chi connectivity index (χ0n) is 14.8. The molecule has 5 nitrogen and oxygen atoms in total. The van der Waals surface area contributed by atoms with Gasteiger partial charge in [-0.25, -0.2) is 9.97 Å². The number of carbonyl (C=O) groups is 1. The minimum Gasteiger partial charge on any atom is -0.399 e. The minimum absolute atomic E-state index is 0.0605. The van der Waals surface area contributed by atoms with Crippen LogP contribution in [-0.4, -0.2) is 15.9 Å². The number of halogens is 6. The number of amides is 1. The number of aromatic nitrogens is 2. The molecular formula is C19H12F6N4O. The molecule has 156 valence electrons. The molecule has 0 aliphatic heterocycles.